The highest BCUT2D eigenvalue weighted by molar-refractivity contribution is 7.80. The number of benzene rings is 2. The topological polar surface area (TPSA) is 47.6 Å². The van der Waals surface area contributed by atoms with Gasteiger partial charge < -0.3 is 15.1 Å². The van der Waals surface area contributed by atoms with Crippen molar-refractivity contribution in [2.75, 3.05) is 42.9 Å². The van der Waals surface area contributed by atoms with Crippen LogP contribution in [0.2, 0.25) is 5.02 Å². The van der Waals surface area contributed by atoms with Gasteiger partial charge in [0.15, 0.2) is 5.11 Å². The highest BCUT2D eigenvalue weighted by atomic mass is 35.5. The van der Waals surface area contributed by atoms with E-state index in [0.717, 1.165) is 44.1 Å². The van der Waals surface area contributed by atoms with Gasteiger partial charge in [-0.2, -0.15) is 0 Å². The van der Waals surface area contributed by atoms with Crippen molar-refractivity contribution in [3.8, 4) is 0 Å². The maximum Gasteiger partial charge on any atom is 0.257 e. The van der Waals surface area contributed by atoms with E-state index in [-0.39, 0.29) is 5.11 Å². The second-order valence-electron chi connectivity index (χ2n) is 6.47. The lowest BCUT2D eigenvalue weighted by Crippen LogP contribution is -2.46. The van der Waals surface area contributed by atoms with Crippen LogP contribution in [0.15, 0.2) is 42.5 Å². The molecule has 0 radical (unpaired) electrons. The standard InChI is InChI=1S/C20H22ClFN4OS/c1-2-25-10-12-26(13-11-25)18-16(21)4-3-5-17(18)23-20(28)24-19(27)14-6-8-15(22)9-7-14/h3-9H,2,10-13H2,1H3,(H2,23,24,27,28). The number of thiocarbonyl (C=S) groups is 1. The van der Waals surface area contributed by atoms with Crippen LogP contribution in [-0.4, -0.2) is 48.6 Å². The number of nitrogens with one attached hydrogen (secondary N) is 2. The predicted octanol–water partition coefficient (Wildman–Crippen LogP) is 3.75. The maximum atomic E-state index is 13.0. The first kappa shape index (κ1) is 20.5. The Morgan fingerprint density at radius 2 is 1.82 bits per heavy atom. The van der Waals surface area contributed by atoms with Crippen LogP contribution in [0.25, 0.3) is 0 Å². The van der Waals surface area contributed by atoms with Crippen LogP contribution in [-0.2, 0) is 0 Å². The number of hydrogen-bond acceptors (Lipinski definition) is 4. The third kappa shape index (κ3) is 4.98. The van der Waals surface area contributed by atoms with Crippen molar-refractivity contribution >= 4 is 46.2 Å². The highest BCUT2D eigenvalue weighted by Gasteiger charge is 2.21. The third-order valence-electron chi connectivity index (χ3n) is 4.70. The number of carbonyl (C=O) groups is 1. The van der Waals surface area contributed by atoms with E-state index >= 15 is 0 Å². The zero-order valence-corrected chi connectivity index (χ0v) is 17.1. The summed E-state index contributed by atoms with van der Waals surface area (Å²) in [5.41, 5.74) is 1.94. The first-order chi connectivity index (χ1) is 13.5. The van der Waals surface area contributed by atoms with Crippen LogP contribution in [0.1, 0.15) is 17.3 Å². The zero-order chi connectivity index (χ0) is 20.1. The quantitative estimate of drug-likeness (QED) is 0.738. The fraction of sp³-hybridized carbons (Fsp3) is 0.300. The monoisotopic (exact) mass is 420 g/mol. The van der Waals surface area contributed by atoms with Crippen molar-refractivity contribution in [2.45, 2.75) is 6.92 Å². The molecular weight excluding hydrogens is 399 g/mol. The van der Waals surface area contributed by atoms with Crippen molar-refractivity contribution < 1.29 is 9.18 Å². The molecule has 8 heteroatoms. The Kier molecular flexibility index (Phi) is 6.83. The molecule has 1 amide bonds. The Bertz CT molecular complexity index is 854. The van der Waals surface area contributed by atoms with E-state index < -0.39 is 11.7 Å². The van der Waals surface area contributed by atoms with Gasteiger partial charge in [0.1, 0.15) is 5.82 Å². The van der Waals surface area contributed by atoms with Crippen LogP contribution in [0.4, 0.5) is 15.8 Å². The van der Waals surface area contributed by atoms with Gasteiger partial charge in [-0.25, -0.2) is 4.39 Å². The van der Waals surface area contributed by atoms with Gasteiger partial charge in [-0.15, -0.1) is 0 Å². The Morgan fingerprint density at radius 1 is 1.14 bits per heavy atom. The summed E-state index contributed by atoms with van der Waals surface area (Å²) in [5.74, 6) is -0.804. The van der Waals surface area contributed by atoms with Crippen LogP contribution >= 0.6 is 23.8 Å². The summed E-state index contributed by atoms with van der Waals surface area (Å²) >= 11 is 11.8. The number of nitrogens with zero attached hydrogens (tertiary/aromatic N) is 2. The lowest BCUT2D eigenvalue weighted by molar-refractivity contribution is 0.0977. The van der Waals surface area contributed by atoms with Gasteiger partial charge >= 0.3 is 0 Å². The number of carbonyl (C=O) groups excluding carboxylic acids is 1. The normalized spacial score (nSPS) is 14.6. The first-order valence-electron chi connectivity index (χ1n) is 9.11. The van der Waals surface area contributed by atoms with Gasteiger partial charge in [0.2, 0.25) is 0 Å². The molecule has 5 nitrogen and oxygen atoms in total. The summed E-state index contributed by atoms with van der Waals surface area (Å²) in [4.78, 5) is 16.9. The average Bonchev–Trinajstić information content (AvgIpc) is 2.68. The van der Waals surface area contributed by atoms with Gasteiger partial charge in [-0.05, 0) is 55.2 Å². The lowest BCUT2D eigenvalue weighted by atomic mass is 10.2. The smallest absolute Gasteiger partial charge is 0.257 e. The summed E-state index contributed by atoms with van der Waals surface area (Å²) in [5, 5.41) is 6.48. The van der Waals surface area contributed by atoms with E-state index in [4.69, 9.17) is 23.8 Å². The second-order valence-corrected chi connectivity index (χ2v) is 7.29. The van der Waals surface area contributed by atoms with Crippen LogP contribution < -0.4 is 15.5 Å². The number of amides is 1. The van der Waals surface area contributed by atoms with E-state index in [1.165, 1.54) is 24.3 Å². The first-order valence-corrected chi connectivity index (χ1v) is 9.90. The molecule has 1 aliphatic heterocycles. The minimum atomic E-state index is -0.405. The number of hydrogen-bond donors (Lipinski definition) is 2. The SMILES string of the molecule is CCN1CCN(c2c(Cl)cccc2NC(=S)NC(=O)c2ccc(F)cc2)CC1. The van der Waals surface area contributed by atoms with E-state index in [9.17, 15) is 9.18 Å². The maximum absolute atomic E-state index is 13.0. The zero-order valence-electron chi connectivity index (χ0n) is 15.5. The highest BCUT2D eigenvalue weighted by Crippen LogP contribution is 2.34. The van der Waals surface area contributed by atoms with Gasteiger partial charge in [-0.1, -0.05) is 24.6 Å². The van der Waals surface area contributed by atoms with E-state index in [1.807, 2.05) is 18.2 Å². The van der Waals surface area contributed by atoms with E-state index in [0.29, 0.717) is 10.6 Å². The van der Waals surface area contributed by atoms with Crippen molar-refractivity contribution in [3.63, 3.8) is 0 Å². The van der Waals surface area contributed by atoms with Crippen LogP contribution in [0.5, 0.6) is 0 Å². The van der Waals surface area contributed by atoms with E-state index in [1.54, 1.807) is 0 Å². The molecule has 1 fully saturated rings. The molecule has 0 bridgehead atoms. The summed E-state index contributed by atoms with van der Waals surface area (Å²) in [7, 11) is 0. The molecule has 148 valence electrons. The van der Waals surface area contributed by atoms with Crippen molar-refractivity contribution in [3.05, 3.63) is 58.9 Å². The molecule has 1 heterocycles. The summed E-state index contributed by atoms with van der Waals surface area (Å²) < 4.78 is 13.0. The molecule has 0 spiro atoms. The second kappa shape index (κ2) is 9.32. The molecular formula is C20H22ClFN4OS. The number of para-hydroxylation sites is 1. The fourth-order valence-electron chi connectivity index (χ4n) is 3.16. The van der Waals surface area contributed by atoms with Crippen molar-refractivity contribution in [1.82, 2.24) is 10.2 Å². The van der Waals surface area contributed by atoms with Gasteiger partial charge in [0.25, 0.3) is 5.91 Å². The third-order valence-corrected chi connectivity index (χ3v) is 5.21. The molecule has 3 rings (SSSR count). The largest absolute Gasteiger partial charge is 0.366 e. The molecule has 2 aromatic carbocycles. The minimum absolute atomic E-state index is 0.157. The summed E-state index contributed by atoms with van der Waals surface area (Å²) in [6, 6.07) is 10.8. The minimum Gasteiger partial charge on any atom is -0.366 e. The van der Waals surface area contributed by atoms with Crippen molar-refractivity contribution in [2.24, 2.45) is 0 Å². The molecule has 0 atom stereocenters. The lowest BCUT2D eigenvalue weighted by Gasteiger charge is -2.37. The Balaban J connectivity index is 1.70. The molecule has 0 aromatic heterocycles. The Morgan fingerprint density at radius 3 is 2.46 bits per heavy atom. The molecule has 1 aliphatic rings. The molecule has 2 aromatic rings. The Hall–Kier alpha value is -2.22. The molecule has 0 aliphatic carbocycles. The van der Waals surface area contributed by atoms with Crippen LogP contribution in [0.3, 0.4) is 0 Å². The molecule has 28 heavy (non-hydrogen) atoms. The average molecular weight is 421 g/mol. The van der Waals surface area contributed by atoms with Gasteiger partial charge in [-0.3, -0.25) is 10.1 Å². The number of rotatable bonds is 4. The number of piperazine rings is 1. The molecule has 1 saturated heterocycles. The van der Waals surface area contributed by atoms with Crippen LogP contribution in [0, 0.1) is 5.82 Å². The molecule has 2 N–H and O–H groups in total. The number of likely N-dealkylation sites (N-methyl/N-ethyl adjacent to an activating group) is 1. The molecule has 0 saturated carbocycles. The van der Waals surface area contributed by atoms with Crippen molar-refractivity contribution in [1.29, 1.82) is 0 Å². The van der Waals surface area contributed by atoms with Gasteiger partial charge in [0.05, 0.1) is 16.4 Å². The summed E-state index contributed by atoms with van der Waals surface area (Å²) in [6.45, 7) is 6.84. The molecule has 0 unspecified atom stereocenters. The predicted molar refractivity (Wildman–Crippen MR) is 116 cm³/mol. The number of anilines is 2. The fourth-order valence-corrected chi connectivity index (χ4v) is 3.65. The Labute approximate surface area is 174 Å². The van der Waals surface area contributed by atoms with E-state index in [2.05, 4.69) is 27.4 Å². The summed E-state index contributed by atoms with van der Waals surface area (Å²) in [6.07, 6.45) is 0. The number of halogens is 2. The van der Waals surface area contributed by atoms with Gasteiger partial charge in [0, 0.05) is 31.7 Å².